The number of nitrogens with zero attached hydrogens (tertiary/aromatic N) is 4. The van der Waals surface area contributed by atoms with E-state index in [4.69, 9.17) is 25.8 Å². The van der Waals surface area contributed by atoms with E-state index >= 15 is 0 Å². The first-order chi connectivity index (χ1) is 21.6. The van der Waals surface area contributed by atoms with E-state index in [2.05, 4.69) is 25.5 Å². The van der Waals surface area contributed by atoms with Crippen LogP contribution < -0.4 is 20.1 Å². The maximum Gasteiger partial charge on any atom is 0.423 e. The molecule has 2 aliphatic rings. The Kier molecular flexibility index (Phi) is 9.08. The fraction of sp³-hybridized carbons (Fsp3) is 0.419. The van der Waals surface area contributed by atoms with Crippen molar-refractivity contribution < 1.29 is 37.0 Å². The topological polar surface area (TPSA) is 118 Å². The monoisotopic (exact) mass is 662 g/mol. The predicted octanol–water partition coefficient (Wildman–Crippen LogP) is 5.46. The second kappa shape index (κ2) is 12.6. The molecule has 2 N–H and O–H groups in total. The number of hydrogen-bond acceptors (Lipinski definition) is 9. The number of aromatic nitrogens is 2. The average Bonchev–Trinajstić information content (AvgIpc) is 3.17. The first-order valence-corrected chi connectivity index (χ1v) is 14.7. The number of anilines is 2. The van der Waals surface area contributed by atoms with Crippen LogP contribution in [0.1, 0.15) is 52.1 Å². The summed E-state index contributed by atoms with van der Waals surface area (Å²) in [6.45, 7) is 5.08. The van der Waals surface area contributed by atoms with Crippen LogP contribution in [0.5, 0.6) is 17.4 Å². The fourth-order valence-corrected chi connectivity index (χ4v) is 5.84. The molecule has 11 nitrogen and oxygen atoms in total. The molecule has 2 amide bonds. The van der Waals surface area contributed by atoms with Gasteiger partial charge in [0, 0.05) is 26.9 Å². The Morgan fingerprint density at radius 2 is 1.89 bits per heavy atom. The van der Waals surface area contributed by atoms with Crippen LogP contribution in [0.4, 0.5) is 24.8 Å². The Balaban J connectivity index is 1.44. The molecule has 1 aromatic heterocycles. The molecule has 2 atom stereocenters. The number of benzene rings is 2. The lowest BCUT2D eigenvalue weighted by Crippen LogP contribution is -2.53. The molecule has 2 aliphatic heterocycles. The number of hydrogen-bond donors (Lipinski definition) is 2. The summed E-state index contributed by atoms with van der Waals surface area (Å²) in [5.74, 6) is -1.85. The Bertz CT molecular complexity index is 1670. The number of alkyl halides is 3. The SMILES string of the molecule is COc1cc(C(=O)NC2CCN(C)CC2OC)c(Cl)cc1Nc1ncc(C(F)(F)F)c(Oc2cccc3c2C(=O)N(C)C3(C)C)n1. The summed E-state index contributed by atoms with van der Waals surface area (Å²) in [6.07, 6.45) is -3.81. The summed E-state index contributed by atoms with van der Waals surface area (Å²) in [5, 5.41) is 5.83. The summed E-state index contributed by atoms with van der Waals surface area (Å²) in [6, 6.07) is 7.30. The Morgan fingerprint density at radius 3 is 2.57 bits per heavy atom. The van der Waals surface area contributed by atoms with Gasteiger partial charge in [-0.05, 0) is 57.6 Å². The van der Waals surface area contributed by atoms with E-state index in [1.165, 1.54) is 30.2 Å². The minimum absolute atomic E-state index is 0.0520. The quantitative estimate of drug-likeness (QED) is 0.324. The molecule has 3 aromatic rings. The number of carbonyl (C=O) groups excluding carboxylic acids is 2. The van der Waals surface area contributed by atoms with Gasteiger partial charge in [-0.2, -0.15) is 18.2 Å². The average molecular weight is 663 g/mol. The molecule has 1 fully saturated rings. The molecule has 3 heterocycles. The van der Waals surface area contributed by atoms with Gasteiger partial charge in [-0.1, -0.05) is 23.7 Å². The van der Waals surface area contributed by atoms with Crippen molar-refractivity contribution in [1.82, 2.24) is 25.1 Å². The van der Waals surface area contributed by atoms with Crippen molar-refractivity contribution in [1.29, 1.82) is 0 Å². The van der Waals surface area contributed by atoms with Gasteiger partial charge in [0.25, 0.3) is 11.8 Å². The second-order valence-electron chi connectivity index (χ2n) is 11.7. The number of piperidine rings is 1. The Hall–Kier alpha value is -4.14. The minimum Gasteiger partial charge on any atom is -0.495 e. The molecule has 0 spiro atoms. The van der Waals surface area contributed by atoms with Gasteiger partial charge in [0.05, 0.1) is 46.6 Å². The van der Waals surface area contributed by atoms with E-state index in [-0.39, 0.29) is 51.4 Å². The van der Waals surface area contributed by atoms with E-state index in [1.54, 1.807) is 26.3 Å². The number of amides is 2. The summed E-state index contributed by atoms with van der Waals surface area (Å²) < 4.78 is 58.8. The number of likely N-dealkylation sites (N-methyl/N-ethyl adjacent to an activating group) is 1. The summed E-state index contributed by atoms with van der Waals surface area (Å²) >= 11 is 6.51. The molecular weight excluding hydrogens is 629 g/mol. The zero-order valence-corrected chi connectivity index (χ0v) is 26.8. The lowest BCUT2D eigenvalue weighted by molar-refractivity contribution is -0.139. The van der Waals surface area contributed by atoms with Gasteiger partial charge in [-0.3, -0.25) is 9.59 Å². The normalized spacial score (nSPS) is 19.5. The molecule has 5 rings (SSSR count). The highest BCUT2D eigenvalue weighted by atomic mass is 35.5. The van der Waals surface area contributed by atoms with Gasteiger partial charge in [0.2, 0.25) is 11.8 Å². The lowest BCUT2D eigenvalue weighted by Gasteiger charge is -2.36. The molecule has 2 unspecified atom stereocenters. The molecule has 2 aromatic carbocycles. The van der Waals surface area contributed by atoms with Crippen LogP contribution in [0.25, 0.3) is 0 Å². The molecule has 0 aliphatic carbocycles. The van der Waals surface area contributed by atoms with Crippen LogP contribution in [-0.2, 0) is 16.5 Å². The molecule has 0 saturated carbocycles. The third-order valence-corrected chi connectivity index (χ3v) is 8.78. The van der Waals surface area contributed by atoms with Crippen LogP contribution in [0.2, 0.25) is 5.02 Å². The molecular formula is C31H34ClF3N6O5. The van der Waals surface area contributed by atoms with E-state index in [1.807, 2.05) is 20.9 Å². The maximum absolute atomic E-state index is 14.0. The van der Waals surface area contributed by atoms with Crippen molar-refractivity contribution in [2.45, 2.75) is 44.1 Å². The van der Waals surface area contributed by atoms with E-state index < -0.39 is 35.0 Å². The number of ether oxygens (including phenoxy) is 3. The Morgan fingerprint density at radius 1 is 1.15 bits per heavy atom. The Labute approximate surface area is 269 Å². The maximum atomic E-state index is 14.0. The van der Waals surface area contributed by atoms with Gasteiger partial charge in [-0.15, -0.1) is 0 Å². The van der Waals surface area contributed by atoms with Gasteiger partial charge in [-0.25, -0.2) is 4.98 Å². The van der Waals surface area contributed by atoms with Crippen molar-refractivity contribution in [2.75, 3.05) is 46.7 Å². The van der Waals surface area contributed by atoms with Crippen molar-refractivity contribution in [2.24, 2.45) is 0 Å². The van der Waals surface area contributed by atoms with Gasteiger partial charge < -0.3 is 34.6 Å². The van der Waals surface area contributed by atoms with E-state index in [0.29, 0.717) is 24.7 Å². The van der Waals surface area contributed by atoms with Crippen LogP contribution >= 0.6 is 11.6 Å². The van der Waals surface area contributed by atoms with Gasteiger partial charge in [0.1, 0.15) is 17.1 Å². The van der Waals surface area contributed by atoms with Gasteiger partial charge in [0.15, 0.2) is 0 Å². The molecule has 246 valence electrons. The number of rotatable bonds is 8. The highest BCUT2D eigenvalue weighted by Gasteiger charge is 2.43. The van der Waals surface area contributed by atoms with Crippen LogP contribution in [0.15, 0.2) is 36.5 Å². The zero-order valence-electron chi connectivity index (χ0n) is 26.1. The number of methoxy groups -OCH3 is 2. The highest BCUT2D eigenvalue weighted by Crippen LogP contribution is 2.44. The number of carbonyl (C=O) groups is 2. The van der Waals surface area contributed by atoms with Crippen molar-refractivity contribution in [3.63, 3.8) is 0 Å². The third-order valence-electron chi connectivity index (χ3n) is 8.47. The molecule has 1 saturated heterocycles. The predicted molar refractivity (Wildman–Crippen MR) is 164 cm³/mol. The van der Waals surface area contributed by atoms with Crippen molar-refractivity contribution in [3.8, 4) is 17.4 Å². The number of likely N-dealkylation sites (tertiary alicyclic amines) is 1. The fourth-order valence-electron chi connectivity index (χ4n) is 5.59. The standard InChI is InChI=1S/C31H34ClF3N6O5/c1-30(2)17-8-7-9-22(25(17)28(43)41(30)4)46-27-18(31(33,34)35)14-36-29(39-27)38-21-13-19(32)16(12-23(21)44-5)26(42)37-20-10-11-40(3)15-24(20)45-6/h7-9,12-14,20,24H,10-11,15H2,1-6H3,(H,37,42)(H,36,38,39). The summed E-state index contributed by atoms with van der Waals surface area (Å²) in [5.41, 5.74) is -0.872. The smallest absolute Gasteiger partial charge is 0.423 e. The lowest BCUT2D eigenvalue weighted by atomic mass is 9.94. The third kappa shape index (κ3) is 6.29. The number of halogens is 4. The number of nitrogens with one attached hydrogen (secondary N) is 2. The number of fused-ring (bicyclic) bond motifs is 1. The second-order valence-corrected chi connectivity index (χ2v) is 12.1. The molecule has 0 radical (unpaired) electrons. The highest BCUT2D eigenvalue weighted by molar-refractivity contribution is 6.34. The van der Waals surface area contributed by atoms with Crippen LogP contribution in [0.3, 0.4) is 0 Å². The summed E-state index contributed by atoms with van der Waals surface area (Å²) in [7, 11) is 6.53. The molecule has 46 heavy (non-hydrogen) atoms. The first-order valence-electron chi connectivity index (χ1n) is 14.4. The zero-order chi connectivity index (χ0) is 33.6. The van der Waals surface area contributed by atoms with E-state index in [9.17, 15) is 22.8 Å². The van der Waals surface area contributed by atoms with E-state index in [0.717, 1.165) is 6.54 Å². The minimum atomic E-state index is -4.86. The first kappa shape index (κ1) is 33.2. The molecule has 0 bridgehead atoms. The molecule has 15 heteroatoms. The van der Waals surface area contributed by atoms with Crippen molar-refractivity contribution >= 4 is 35.1 Å². The van der Waals surface area contributed by atoms with Crippen molar-refractivity contribution in [3.05, 3.63) is 63.8 Å². The summed E-state index contributed by atoms with van der Waals surface area (Å²) in [4.78, 5) is 37.7. The van der Waals surface area contributed by atoms with Gasteiger partial charge >= 0.3 is 6.18 Å². The van der Waals surface area contributed by atoms with Crippen LogP contribution in [-0.4, -0.2) is 85.1 Å². The van der Waals surface area contributed by atoms with Crippen LogP contribution in [0, 0.1) is 0 Å². The largest absolute Gasteiger partial charge is 0.495 e.